The predicted molar refractivity (Wildman–Crippen MR) is 106 cm³/mol. The lowest BCUT2D eigenvalue weighted by Crippen LogP contribution is -2.23. The molecule has 5 heteroatoms. The molecule has 1 aromatic rings. The Bertz CT molecular complexity index is 745. The molecule has 0 bridgehead atoms. The van der Waals surface area contributed by atoms with Gasteiger partial charge < -0.3 is 5.32 Å². The Labute approximate surface area is 155 Å². The standard InChI is InChI=1S/C21H27N3O2/c1-5-6-20(25)22-18-11-9-16(10-12-18)21(26)24-23-19-13-17(14(2)3)8-7-15(19)4/h7,9-12,17H,2,5-6,8,13H2,1,3-4H3,(H,22,25)(H,24,26)/t17-/m0/s1. The first kappa shape index (κ1) is 19.6. The van der Waals surface area contributed by atoms with Crippen LogP contribution in [0.25, 0.3) is 0 Å². The third-order valence-electron chi connectivity index (χ3n) is 4.50. The number of benzene rings is 1. The fourth-order valence-electron chi connectivity index (χ4n) is 2.76. The molecule has 1 aromatic carbocycles. The van der Waals surface area contributed by atoms with Crippen LogP contribution in [0.5, 0.6) is 0 Å². The molecule has 0 spiro atoms. The van der Waals surface area contributed by atoms with Crippen molar-refractivity contribution in [3.05, 3.63) is 53.6 Å². The molecule has 138 valence electrons. The number of hydrogen-bond acceptors (Lipinski definition) is 3. The van der Waals surface area contributed by atoms with E-state index in [-0.39, 0.29) is 11.8 Å². The number of nitrogens with one attached hydrogen (secondary N) is 2. The summed E-state index contributed by atoms with van der Waals surface area (Å²) in [6.07, 6.45) is 5.19. The Morgan fingerprint density at radius 2 is 1.96 bits per heavy atom. The van der Waals surface area contributed by atoms with E-state index in [1.54, 1.807) is 24.3 Å². The quantitative estimate of drug-likeness (QED) is 0.586. The normalized spacial score (nSPS) is 18.2. The predicted octanol–water partition coefficient (Wildman–Crippen LogP) is 4.44. The summed E-state index contributed by atoms with van der Waals surface area (Å²) >= 11 is 0. The zero-order valence-corrected chi connectivity index (χ0v) is 15.8. The topological polar surface area (TPSA) is 70.6 Å². The second kappa shape index (κ2) is 9.13. The maximum Gasteiger partial charge on any atom is 0.271 e. The third kappa shape index (κ3) is 5.41. The van der Waals surface area contributed by atoms with Crippen molar-refractivity contribution in [3.63, 3.8) is 0 Å². The van der Waals surface area contributed by atoms with E-state index in [0.717, 1.165) is 36.1 Å². The fraction of sp³-hybridized carbons (Fsp3) is 0.381. The van der Waals surface area contributed by atoms with Crippen molar-refractivity contribution < 1.29 is 9.59 Å². The van der Waals surface area contributed by atoms with Crippen LogP contribution in [0.2, 0.25) is 0 Å². The van der Waals surface area contributed by atoms with Crippen molar-refractivity contribution in [1.82, 2.24) is 5.43 Å². The van der Waals surface area contributed by atoms with Gasteiger partial charge in [0.1, 0.15) is 0 Å². The van der Waals surface area contributed by atoms with E-state index >= 15 is 0 Å². The molecule has 2 rings (SSSR count). The zero-order chi connectivity index (χ0) is 19.1. The number of rotatable bonds is 6. The van der Waals surface area contributed by atoms with Crippen LogP contribution in [0.4, 0.5) is 5.69 Å². The van der Waals surface area contributed by atoms with Crippen molar-refractivity contribution in [1.29, 1.82) is 0 Å². The molecule has 5 nitrogen and oxygen atoms in total. The van der Waals surface area contributed by atoms with E-state index in [1.807, 2.05) is 20.8 Å². The van der Waals surface area contributed by atoms with Crippen LogP contribution in [0.1, 0.15) is 56.8 Å². The van der Waals surface area contributed by atoms with Crippen molar-refractivity contribution in [2.45, 2.75) is 46.5 Å². The molecule has 0 fully saturated rings. The zero-order valence-electron chi connectivity index (χ0n) is 15.8. The van der Waals surface area contributed by atoms with Crippen LogP contribution < -0.4 is 10.7 Å². The van der Waals surface area contributed by atoms with Gasteiger partial charge in [0.2, 0.25) is 5.91 Å². The highest BCUT2D eigenvalue weighted by atomic mass is 16.2. The summed E-state index contributed by atoms with van der Waals surface area (Å²) in [5, 5.41) is 7.11. The van der Waals surface area contributed by atoms with Gasteiger partial charge in [-0.05, 0) is 68.9 Å². The lowest BCUT2D eigenvalue weighted by Gasteiger charge is -2.22. The van der Waals surface area contributed by atoms with Crippen molar-refractivity contribution in [2.24, 2.45) is 11.0 Å². The summed E-state index contributed by atoms with van der Waals surface area (Å²) in [5.41, 5.74) is 6.93. The second-order valence-corrected chi connectivity index (χ2v) is 6.75. The van der Waals surface area contributed by atoms with Gasteiger partial charge in [-0.3, -0.25) is 9.59 Å². The highest BCUT2D eigenvalue weighted by Gasteiger charge is 2.19. The first-order chi connectivity index (χ1) is 12.4. The van der Waals surface area contributed by atoms with Crippen LogP contribution in [0, 0.1) is 5.92 Å². The molecule has 26 heavy (non-hydrogen) atoms. The Hall–Kier alpha value is -2.69. The van der Waals surface area contributed by atoms with Crippen LogP contribution >= 0.6 is 0 Å². The average molecular weight is 353 g/mol. The Morgan fingerprint density at radius 1 is 1.27 bits per heavy atom. The molecule has 0 saturated heterocycles. The van der Waals surface area contributed by atoms with Crippen LogP contribution in [-0.4, -0.2) is 17.5 Å². The molecular formula is C21H27N3O2. The summed E-state index contributed by atoms with van der Waals surface area (Å²) in [6, 6.07) is 6.80. The van der Waals surface area contributed by atoms with Crippen LogP contribution in [-0.2, 0) is 4.79 Å². The van der Waals surface area contributed by atoms with Crippen molar-refractivity contribution in [3.8, 4) is 0 Å². The van der Waals surface area contributed by atoms with E-state index in [9.17, 15) is 9.59 Å². The lowest BCUT2D eigenvalue weighted by molar-refractivity contribution is -0.116. The fourth-order valence-corrected chi connectivity index (χ4v) is 2.76. The summed E-state index contributed by atoms with van der Waals surface area (Å²) < 4.78 is 0. The molecule has 0 aromatic heterocycles. The number of hydrogen-bond donors (Lipinski definition) is 2. The van der Waals surface area contributed by atoms with Crippen LogP contribution in [0.3, 0.4) is 0 Å². The molecular weight excluding hydrogens is 326 g/mol. The van der Waals surface area contributed by atoms with E-state index in [0.29, 0.717) is 23.6 Å². The highest BCUT2D eigenvalue weighted by Crippen LogP contribution is 2.26. The van der Waals surface area contributed by atoms with Gasteiger partial charge in [0, 0.05) is 17.7 Å². The summed E-state index contributed by atoms with van der Waals surface area (Å²) in [7, 11) is 0. The Kier molecular flexibility index (Phi) is 6.89. The summed E-state index contributed by atoms with van der Waals surface area (Å²) in [5.74, 6) is 0.0808. The first-order valence-electron chi connectivity index (χ1n) is 9.00. The molecule has 2 N–H and O–H groups in total. The average Bonchev–Trinajstić information content (AvgIpc) is 2.61. The molecule has 0 radical (unpaired) electrons. The number of amides is 2. The lowest BCUT2D eigenvalue weighted by atomic mass is 9.85. The maximum absolute atomic E-state index is 12.3. The summed E-state index contributed by atoms with van der Waals surface area (Å²) in [4.78, 5) is 23.9. The number of carbonyl (C=O) groups is 2. The molecule has 0 heterocycles. The second-order valence-electron chi connectivity index (χ2n) is 6.75. The number of anilines is 1. The molecule has 1 aliphatic rings. The molecule has 2 amide bonds. The van der Waals surface area contributed by atoms with E-state index in [2.05, 4.69) is 28.5 Å². The molecule has 0 aliphatic heterocycles. The largest absolute Gasteiger partial charge is 0.326 e. The van der Waals surface area contributed by atoms with E-state index in [4.69, 9.17) is 0 Å². The minimum Gasteiger partial charge on any atom is -0.326 e. The minimum atomic E-state index is -0.269. The van der Waals surface area contributed by atoms with E-state index < -0.39 is 0 Å². The Morgan fingerprint density at radius 3 is 2.58 bits per heavy atom. The Balaban J connectivity index is 1.99. The molecule has 0 saturated carbocycles. The van der Waals surface area contributed by atoms with Gasteiger partial charge in [0.05, 0.1) is 5.71 Å². The smallest absolute Gasteiger partial charge is 0.271 e. The third-order valence-corrected chi connectivity index (χ3v) is 4.50. The number of hydrazone groups is 1. The van der Waals surface area contributed by atoms with Crippen molar-refractivity contribution in [2.75, 3.05) is 5.32 Å². The molecule has 1 atom stereocenters. The van der Waals surface area contributed by atoms with Gasteiger partial charge in [-0.25, -0.2) is 5.43 Å². The number of allylic oxidation sites excluding steroid dienone is 3. The summed E-state index contributed by atoms with van der Waals surface area (Å²) in [6.45, 7) is 10.0. The maximum atomic E-state index is 12.3. The van der Waals surface area contributed by atoms with Gasteiger partial charge in [-0.15, -0.1) is 0 Å². The van der Waals surface area contributed by atoms with Crippen molar-refractivity contribution >= 4 is 23.2 Å². The van der Waals surface area contributed by atoms with Gasteiger partial charge in [0.25, 0.3) is 5.91 Å². The number of nitrogens with zero attached hydrogens (tertiary/aromatic N) is 1. The number of carbonyl (C=O) groups excluding carboxylic acids is 2. The first-order valence-corrected chi connectivity index (χ1v) is 9.00. The SMILES string of the molecule is C=C(C)[C@H]1CC=C(C)C(=NNC(=O)c2ccc(NC(=O)CCC)cc2)C1. The van der Waals surface area contributed by atoms with Gasteiger partial charge in [-0.2, -0.15) is 5.10 Å². The van der Waals surface area contributed by atoms with E-state index in [1.165, 1.54) is 0 Å². The van der Waals surface area contributed by atoms with Gasteiger partial charge in [0.15, 0.2) is 0 Å². The molecule has 1 aliphatic carbocycles. The van der Waals surface area contributed by atoms with Crippen LogP contribution in [0.15, 0.2) is 53.2 Å². The van der Waals surface area contributed by atoms with Gasteiger partial charge in [-0.1, -0.05) is 25.2 Å². The minimum absolute atomic E-state index is 0.0253. The van der Waals surface area contributed by atoms with Gasteiger partial charge >= 0.3 is 0 Å². The highest BCUT2D eigenvalue weighted by molar-refractivity contribution is 6.02. The monoisotopic (exact) mass is 353 g/mol. The molecule has 0 unspecified atom stereocenters.